The van der Waals surface area contributed by atoms with Crippen molar-refractivity contribution in [2.45, 2.75) is 19.4 Å². The summed E-state index contributed by atoms with van der Waals surface area (Å²) in [6.45, 7) is 0.814. The zero-order valence-corrected chi connectivity index (χ0v) is 10.2. The fourth-order valence-electron chi connectivity index (χ4n) is 1.34. The zero-order chi connectivity index (χ0) is 13.1. The molecule has 0 radical (unpaired) electrons. The van der Waals surface area contributed by atoms with E-state index in [1.54, 1.807) is 6.08 Å². The fraction of sp³-hybridized carbons (Fsp3) is 0.286. The van der Waals surface area contributed by atoms with Crippen LogP contribution >= 0.6 is 0 Å². The molecule has 1 aromatic carbocycles. The van der Waals surface area contributed by atoms with Crippen LogP contribution in [0.3, 0.4) is 0 Å². The maximum Gasteiger partial charge on any atom is 0.407 e. The van der Waals surface area contributed by atoms with Gasteiger partial charge in [0, 0.05) is 6.54 Å². The summed E-state index contributed by atoms with van der Waals surface area (Å²) < 4.78 is 5.03. The normalized spacial score (nSPS) is 10.2. The van der Waals surface area contributed by atoms with Crippen LogP contribution in [0.1, 0.15) is 18.4 Å². The lowest BCUT2D eigenvalue weighted by molar-refractivity contribution is -0.104. The van der Waals surface area contributed by atoms with Crippen molar-refractivity contribution < 1.29 is 14.3 Å². The van der Waals surface area contributed by atoms with Crippen LogP contribution in [0.5, 0.6) is 0 Å². The van der Waals surface area contributed by atoms with Crippen molar-refractivity contribution in [3.8, 4) is 0 Å². The Morgan fingerprint density at radius 3 is 2.78 bits per heavy atom. The van der Waals surface area contributed by atoms with Crippen molar-refractivity contribution in [2.24, 2.45) is 0 Å². The number of benzene rings is 1. The molecule has 0 aliphatic carbocycles. The Balaban J connectivity index is 2.07. The zero-order valence-electron chi connectivity index (χ0n) is 10.2. The highest BCUT2D eigenvalue weighted by Crippen LogP contribution is 2.00. The Morgan fingerprint density at radius 2 is 2.06 bits per heavy atom. The summed E-state index contributed by atoms with van der Waals surface area (Å²) in [6.07, 6.45) is 5.08. The molecule has 0 bridgehead atoms. The monoisotopic (exact) mass is 247 g/mol. The molecule has 0 fully saturated rings. The predicted octanol–water partition coefficient (Wildman–Crippen LogP) is 2.45. The van der Waals surface area contributed by atoms with E-state index in [9.17, 15) is 9.59 Å². The molecule has 1 aromatic rings. The highest BCUT2D eigenvalue weighted by Gasteiger charge is 2.00. The lowest BCUT2D eigenvalue weighted by Gasteiger charge is -2.06. The number of allylic oxidation sites excluding steroid dienone is 2. The quantitative estimate of drug-likeness (QED) is 0.457. The average Bonchev–Trinajstić information content (AvgIpc) is 2.41. The summed E-state index contributed by atoms with van der Waals surface area (Å²) in [7, 11) is 0. The van der Waals surface area contributed by atoms with Crippen molar-refractivity contribution in [1.82, 2.24) is 5.32 Å². The van der Waals surface area contributed by atoms with Gasteiger partial charge in [0.05, 0.1) is 0 Å². The Kier molecular flexibility index (Phi) is 6.97. The van der Waals surface area contributed by atoms with E-state index in [0.29, 0.717) is 6.54 Å². The average molecular weight is 247 g/mol. The third kappa shape index (κ3) is 6.48. The second-order valence-electron chi connectivity index (χ2n) is 3.69. The first-order valence-corrected chi connectivity index (χ1v) is 5.88. The molecule has 96 valence electrons. The molecular formula is C14H17NO3. The van der Waals surface area contributed by atoms with E-state index in [1.165, 1.54) is 6.08 Å². The number of ether oxygens (including phenoxy) is 1. The molecular weight excluding hydrogens is 230 g/mol. The number of hydrogen-bond donors (Lipinski definition) is 1. The molecule has 1 rings (SSSR count). The van der Waals surface area contributed by atoms with Gasteiger partial charge in [-0.15, -0.1) is 0 Å². The molecule has 1 amide bonds. The van der Waals surface area contributed by atoms with Crippen LogP contribution in [-0.4, -0.2) is 18.9 Å². The highest BCUT2D eigenvalue weighted by atomic mass is 16.5. The predicted molar refractivity (Wildman–Crippen MR) is 69.1 cm³/mol. The van der Waals surface area contributed by atoms with Gasteiger partial charge in [-0.2, -0.15) is 0 Å². The largest absolute Gasteiger partial charge is 0.445 e. The van der Waals surface area contributed by atoms with Crippen molar-refractivity contribution in [3.63, 3.8) is 0 Å². The molecule has 1 N–H and O–H groups in total. The minimum Gasteiger partial charge on any atom is -0.445 e. The molecule has 0 spiro atoms. The third-order valence-electron chi connectivity index (χ3n) is 2.24. The van der Waals surface area contributed by atoms with Gasteiger partial charge in [-0.3, -0.25) is 4.79 Å². The van der Waals surface area contributed by atoms with E-state index >= 15 is 0 Å². The summed E-state index contributed by atoms with van der Waals surface area (Å²) in [4.78, 5) is 21.3. The van der Waals surface area contributed by atoms with Crippen LogP contribution in [0.15, 0.2) is 42.5 Å². The first-order valence-electron chi connectivity index (χ1n) is 5.88. The molecule has 0 saturated heterocycles. The van der Waals surface area contributed by atoms with Gasteiger partial charge in [0.15, 0.2) is 0 Å². The van der Waals surface area contributed by atoms with E-state index in [0.717, 1.165) is 24.7 Å². The van der Waals surface area contributed by atoms with Crippen LogP contribution < -0.4 is 5.32 Å². The highest BCUT2D eigenvalue weighted by molar-refractivity contribution is 5.67. The van der Waals surface area contributed by atoms with Crippen LogP contribution in [0.4, 0.5) is 4.79 Å². The SMILES string of the molecule is O=C/C=C/CCCNC(=O)OCc1ccccc1. The molecule has 4 nitrogen and oxygen atoms in total. The topological polar surface area (TPSA) is 55.4 Å². The second-order valence-corrected chi connectivity index (χ2v) is 3.69. The Bertz CT molecular complexity index is 387. The van der Waals surface area contributed by atoms with Crippen LogP contribution in [0.2, 0.25) is 0 Å². The van der Waals surface area contributed by atoms with E-state index in [1.807, 2.05) is 30.3 Å². The number of amides is 1. The number of rotatable bonds is 7. The molecule has 0 aliphatic heterocycles. The van der Waals surface area contributed by atoms with Crippen molar-refractivity contribution in [3.05, 3.63) is 48.0 Å². The number of carbonyl (C=O) groups excluding carboxylic acids is 2. The second kappa shape index (κ2) is 8.98. The summed E-state index contributed by atoms with van der Waals surface area (Å²) in [5.41, 5.74) is 0.960. The smallest absolute Gasteiger partial charge is 0.407 e. The van der Waals surface area contributed by atoms with E-state index in [2.05, 4.69) is 5.32 Å². The summed E-state index contributed by atoms with van der Waals surface area (Å²) in [5.74, 6) is 0. The van der Waals surface area contributed by atoms with Gasteiger partial charge < -0.3 is 10.1 Å². The number of nitrogens with one attached hydrogen (secondary N) is 1. The minimum absolute atomic E-state index is 0.276. The van der Waals surface area contributed by atoms with Crippen molar-refractivity contribution >= 4 is 12.4 Å². The van der Waals surface area contributed by atoms with E-state index in [4.69, 9.17) is 4.74 Å². The van der Waals surface area contributed by atoms with Gasteiger partial charge >= 0.3 is 6.09 Å². The summed E-state index contributed by atoms with van der Waals surface area (Å²) in [5, 5.41) is 2.65. The van der Waals surface area contributed by atoms with Crippen molar-refractivity contribution in [2.75, 3.05) is 6.54 Å². The third-order valence-corrected chi connectivity index (χ3v) is 2.24. The van der Waals surface area contributed by atoms with Crippen LogP contribution in [0.25, 0.3) is 0 Å². The number of alkyl carbamates (subject to hydrolysis) is 1. The maximum atomic E-state index is 11.3. The molecule has 0 saturated carbocycles. The Morgan fingerprint density at radius 1 is 1.28 bits per heavy atom. The number of hydrogen-bond acceptors (Lipinski definition) is 3. The molecule has 4 heteroatoms. The Labute approximate surface area is 107 Å². The van der Waals surface area contributed by atoms with Gasteiger partial charge in [-0.1, -0.05) is 36.4 Å². The van der Waals surface area contributed by atoms with E-state index < -0.39 is 6.09 Å². The molecule has 0 aliphatic rings. The number of unbranched alkanes of at least 4 members (excludes halogenated alkanes) is 1. The lowest BCUT2D eigenvalue weighted by Crippen LogP contribution is -2.25. The Hall–Kier alpha value is -2.10. The molecule has 0 heterocycles. The summed E-state index contributed by atoms with van der Waals surface area (Å²) >= 11 is 0. The fourth-order valence-corrected chi connectivity index (χ4v) is 1.34. The molecule has 0 atom stereocenters. The molecule has 0 unspecified atom stereocenters. The first-order chi connectivity index (χ1) is 8.83. The first kappa shape index (κ1) is 14.0. The molecule has 0 aromatic heterocycles. The van der Waals surface area contributed by atoms with Crippen molar-refractivity contribution in [1.29, 1.82) is 0 Å². The number of aldehydes is 1. The minimum atomic E-state index is -0.418. The van der Waals surface area contributed by atoms with Crippen LogP contribution in [0, 0.1) is 0 Å². The summed E-state index contributed by atoms with van der Waals surface area (Å²) in [6, 6.07) is 9.51. The van der Waals surface area contributed by atoms with Gasteiger partial charge in [0.2, 0.25) is 0 Å². The van der Waals surface area contributed by atoms with Gasteiger partial charge in [-0.25, -0.2) is 4.79 Å². The maximum absolute atomic E-state index is 11.3. The van der Waals surface area contributed by atoms with E-state index in [-0.39, 0.29) is 6.61 Å². The standard InChI is InChI=1S/C14H17NO3/c16-11-7-2-1-6-10-15-14(17)18-12-13-8-4-3-5-9-13/h2-5,7-9,11H,1,6,10,12H2,(H,15,17)/b7-2+. The van der Waals surface area contributed by atoms with Gasteiger partial charge in [-0.05, 0) is 24.5 Å². The van der Waals surface area contributed by atoms with Gasteiger partial charge in [0.25, 0.3) is 0 Å². The molecule has 18 heavy (non-hydrogen) atoms. The van der Waals surface area contributed by atoms with Crippen LogP contribution in [-0.2, 0) is 16.1 Å². The number of carbonyl (C=O) groups is 2. The van der Waals surface area contributed by atoms with Gasteiger partial charge in [0.1, 0.15) is 12.9 Å². The lowest BCUT2D eigenvalue weighted by atomic mass is 10.2.